The average Bonchev–Trinajstić information content (AvgIpc) is 2.44. The molecule has 2 atom stereocenters. The minimum atomic E-state index is 0.302. The van der Waals surface area contributed by atoms with Gasteiger partial charge in [0.25, 0.3) is 0 Å². The molecule has 0 saturated heterocycles. The number of hydrogen-bond acceptors (Lipinski definition) is 3. The molecule has 1 heterocycles. The van der Waals surface area contributed by atoms with E-state index in [1.807, 2.05) is 4.57 Å². The minimum absolute atomic E-state index is 0.302. The van der Waals surface area contributed by atoms with Crippen LogP contribution in [0.1, 0.15) is 33.2 Å². The molecular formula is C8H16N4S. The van der Waals surface area contributed by atoms with Crippen LogP contribution in [-0.2, 0) is 0 Å². The third-order valence-corrected chi connectivity index (χ3v) is 2.89. The summed E-state index contributed by atoms with van der Waals surface area (Å²) >= 11 is 5.08. The first-order valence-electron chi connectivity index (χ1n) is 4.50. The fourth-order valence-electron chi connectivity index (χ4n) is 1.31. The van der Waals surface area contributed by atoms with E-state index in [4.69, 9.17) is 18.0 Å². The predicted octanol–water partition coefficient (Wildman–Crippen LogP) is 2.13. The van der Waals surface area contributed by atoms with Gasteiger partial charge in [-0.1, -0.05) is 20.3 Å². The number of nitrogens with two attached hydrogens (primary N) is 1. The maximum absolute atomic E-state index is 5.69. The summed E-state index contributed by atoms with van der Waals surface area (Å²) in [6.45, 7) is 6.44. The Balaban J connectivity index is 3.00. The normalized spacial score (nSPS) is 15.6. The van der Waals surface area contributed by atoms with E-state index in [1.165, 1.54) is 0 Å². The number of H-pyrrole nitrogens is 1. The van der Waals surface area contributed by atoms with E-state index in [-0.39, 0.29) is 0 Å². The lowest BCUT2D eigenvalue weighted by Crippen LogP contribution is -2.15. The molecule has 0 amide bonds. The summed E-state index contributed by atoms with van der Waals surface area (Å²) < 4.78 is 2.47. The van der Waals surface area contributed by atoms with E-state index in [0.29, 0.717) is 22.7 Å². The van der Waals surface area contributed by atoms with Crippen LogP contribution >= 0.6 is 12.2 Å². The van der Waals surface area contributed by atoms with E-state index < -0.39 is 0 Å². The Morgan fingerprint density at radius 1 is 1.62 bits per heavy atom. The lowest BCUT2D eigenvalue weighted by Gasteiger charge is -2.19. The molecule has 2 unspecified atom stereocenters. The highest BCUT2D eigenvalue weighted by Crippen LogP contribution is 2.22. The van der Waals surface area contributed by atoms with Gasteiger partial charge in [0.2, 0.25) is 5.95 Å². The molecule has 0 spiro atoms. The van der Waals surface area contributed by atoms with Gasteiger partial charge in [0.15, 0.2) is 4.77 Å². The van der Waals surface area contributed by atoms with Crippen molar-refractivity contribution in [2.45, 2.75) is 33.2 Å². The summed E-state index contributed by atoms with van der Waals surface area (Å²) in [6, 6.07) is 0.302. The maximum Gasteiger partial charge on any atom is 0.220 e. The number of rotatable bonds is 3. The molecule has 1 rings (SSSR count). The number of hydrogen-bond donors (Lipinski definition) is 2. The van der Waals surface area contributed by atoms with Gasteiger partial charge in [-0.25, -0.2) is 5.10 Å². The lowest BCUT2D eigenvalue weighted by atomic mass is 10.0. The predicted molar refractivity (Wildman–Crippen MR) is 56.0 cm³/mol. The summed E-state index contributed by atoms with van der Waals surface area (Å²) in [5.74, 6) is 1.02. The Bertz CT molecular complexity index is 327. The van der Waals surface area contributed by atoms with E-state index in [9.17, 15) is 0 Å². The standard InChI is InChI=1S/C8H16N4S/c1-4-5(2)6(3)12-7(9)10-11-8(12)13/h5-6H,4H2,1-3H3,(H2,9,10)(H,11,13). The molecule has 5 heteroatoms. The van der Waals surface area contributed by atoms with E-state index >= 15 is 0 Å². The Labute approximate surface area is 83.1 Å². The van der Waals surface area contributed by atoms with Crippen LogP contribution in [0, 0.1) is 10.7 Å². The van der Waals surface area contributed by atoms with Crippen molar-refractivity contribution in [2.24, 2.45) is 5.92 Å². The molecule has 0 aromatic carbocycles. The van der Waals surface area contributed by atoms with Crippen molar-refractivity contribution in [3.05, 3.63) is 4.77 Å². The second-order valence-electron chi connectivity index (χ2n) is 3.38. The zero-order valence-electron chi connectivity index (χ0n) is 8.24. The summed E-state index contributed by atoms with van der Waals surface area (Å²) in [4.78, 5) is 0. The lowest BCUT2D eigenvalue weighted by molar-refractivity contribution is 0.370. The SMILES string of the molecule is CCC(C)C(C)n1c(N)n[nH]c1=S. The zero-order valence-corrected chi connectivity index (χ0v) is 9.06. The smallest absolute Gasteiger partial charge is 0.220 e. The number of nitrogens with zero attached hydrogens (tertiary/aromatic N) is 2. The van der Waals surface area contributed by atoms with Gasteiger partial charge in [0, 0.05) is 6.04 Å². The van der Waals surface area contributed by atoms with Crippen LogP contribution in [0.5, 0.6) is 0 Å². The van der Waals surface area contributed by atoms with Crippen LogP contribution < -0.4 is 5.73 Å². The minimum Gasteiger partial charge on any atom is -0.368 e. The molecule has 1 aromatic heterocycles. The summed E-state index contributed by atoms with van der Waals surface area (Å²) in [5.41, 5.74) is 5.69. The summed E-state index contributed by atoms with van der Waals surface area (Å²) in [5, 5.41) is 6.57. The number of nitrogens with one attached hydrogen (secondary N) is 1. The molecule has 4 nitrogen and oxygen atoms in total. The highest BCUT2D eigenvalue weighted by molar-refractivity contribution is 7.71. The summed E-state index contributed by atoms with van der Waals surface area (Å²) in [7, 11) is 0. The first-order valence-corrected chi connectivity index (χ1v) is 4.91. The van der Waals surface area contributed by atoms with Crippen molar-refractivity contribution in [2.75, 3.05) is 5.73 Å². The van der Waals surface area contributed by atoms with Crippen LogP contribution in [0.15, 0.2) is 0 Å². The Morgan fingerprint density at radius 3 is 2.62 bits per heavy atom. The van der Waals surface area contributed by atoms with Gasteiger partial charge in [-0.3, -0.25) is 4.57 Å². The van der Waals surface area contributed by atoms with Crippen LogP contribution in [-0.4, -0.2) is 14.8 Å². The van der Waals surface area contributed by atoms with Gasteiger partial charge in [0.05, 0.1) is 0 Å². The van der Waals surface area contributed by atoms with Crippen LogP contribution in [0.3, 0.4) is 0 Å². The highest BCUT2D eigenvalue weighted by Gasteiger charge is 2.15. The zero-order chi connectivity index (χ0) is 10.0. The first-order chi connectivity index (χ1) is 6.07. The quantitative estimate of drug-likeness (QED) is 0.735. The van der Waals surface area contributed by atoms with Gasteiger partial charge in [-0.2, -0.15) is 0 Å². The van der Waals surface area contributed by atoms with Crippen molar-refractivity contribution < 1.29 is 0 Å². The van der Waals surface area contributed by atoms with Crippen LogP contribution in [0.25, 0.3) is 0 Å². The molecule has 0 aliphatic heterocycles. The van der Waals surface area contributed by atoms with Crippen molar-refractivity contribution in [1.82, 2.24) is 14.8 Å². The molecule has 0 bridgehead atoms. The fraction of sp³-hybridized carbons (Fsp3) is 0.750. The highest BCUT2D eigenvalue weighted by atomic mass is 32.1. The largest absolute Gasteiger partial charge is 0.368 e. The number of anilines is 1. The number of nitrogen functional groups attached to an aromatic ring is 1. The van der Waals surface area contributed by atoms with E-state index in [2.05, 4.69) is 31.0 Å². The second-order valence-corrected chi connectivity index (χ2v) is 3.77. The maximum atomic E-state index is 5.69. The molecule has 0 fully saturated rings. The second kappa shape index (κ2) is 3.91. The number of aromatic amines is 1. The molecular weight excluding hydrogens is 184 g/mol. The van der Waals surface area contributed by atoms with Gasteiger partial charge in [-0.15, -0.1) is 5.10 Å². The molecule has 0 aliphatic rings. The van der Waals surface area contributed by atoms with Crippen molar-refractivity contribution in [1.29, 1.82) is 0 Å². The van der Waals surface area contributed by atoms with E-state index in [1.54, 1.807) is 0 Å². The van der Waals surface area contributed by atoms with Gasteiger partial charge in [0.1, 0.15) is 0 Å². The third-order valence-electron chi connectivity index (χ3n) is 2.61. The van der Waals surface area contributed by atoms with Crippen molar-refractivity contribution in [3.63, 3.8) is 0 Å². The molecule has 13 heavy (non-hydrogen) atoms. The molecule has 0 aliphatic carbocycles. The average molecular weight is 200 g/mol. The molecule has 3 N–H and O–H groups in total. The van der Waals surface area contributed by atoms with Crippen LogP contribution in [0.2, 0.25) is 0 Å². The molecule has 0 radical (unpaired) electrons. The van der Waals surface area contributed by atoms with Gasteiger partial charge >= 0.3 is 0 Å². The fourth-order valence-corrected chi connectivity index (χ4v) is 1.61. The Kier molecular flexibility index (Phi) is 3.08. The van der Waals surface area contributed by atoms with Crippen LogP contribution in [0.4, 0.5) is 5.95 Å². The van der Waals surface area contributed by atoms with Gasteiger partial charge in [-0.05, 0) is 25.1 Å². The van der Waals surface area contributed by atoms with E-state index in [0.717, 1.165) is 6.42 Å². The monoisotopic (exact) mass is 200 g/mol. The van der Waals surface area contributed by atoms with Crippen molar-refractivity contribution in [3.8, 4) is 0 Å². The Hall–Kier alpha value is -0.840. The Morgan fingerprint density at radius 2 is 2.23 bits per heavy atom. The molecule has 1 aromatic rings. The summed E-state index contributed by atoms with van der Waals surface area (Å²) in [6.07, 6.45) is 1.10. The first kappa shape index (κ1) is 10.2. The third kappa shape index (κ3) is 1.91. The topological polar surface area (TPSA) is 59.6 Å². The molecule has 74 valence electrons. The molecule has 0 saturated carbocycles. The van der Waals surface area contributed by atoms with Gasteiger partial charge < -0.3 is 5.73 Å². The van der Waals surface area contributed by atoms with Crippen molar-refractivity contribution >= 4 is 18.2 Å². The number of aromatic nitrogens is 3.